The lowest BCUT2D eigenvalue weighted by Crippen LogP contribution is -2.41. The molecule has 10 heterocycles. The van der Waals surface area contributed by atoms with Gasteiger partial charge >= 0.3 is 34.8 Å². The Morgan fingerprint density at radius 1 is 0.420 bits per heavy atom. The second-order valence-corrected chi connectivity index (χ2v) is 44.2. The van der Waals surface area contributed by atoms with E-state index in [9.17, 15) is 86.9 Å². The number of nitrogens with two attached hydrogens (primary N) is 3. The minimum Gasteiger partial charge on any atom is -0.394 e. The van der Waals surface area contributed by atoms with Crippen molar-refractivity contribution < 1.29 is 156 Å². The van der Waals surface area contributed by atoms with Crippen LogP contribution in [-0.4, -0.2) is 293 Å². The van der Waals surface area contributed by atoms with Crippen LogP contribution in [0, 0.1) is 27.7 Å². The van der Waals surface area contributed by atoms with Gasteiger partial charge in [-0.05, 0) is 82.3 Å². The van der Waals surface area contributed by atoms with Crippen molar-refractivity contribution in [1.82, 2.24) is 58.1 Å². The molecule has 13 N–H and O–H groups in total. The van der Waals surface area contributed by atoms with E-state index in [-0.39, 0.29) is 53.5 Å². The molecule has 4 aromatic carbocycles. The minimum absolute atomic E-state index is 0.00890. The molecule has 138 heavy (non-hydrogen) atoms. The van der Waals surface area contributed by atoms with Crippen LogP contribution in [-0.2, 0) is 137 Å². The topological polar surface area (TPSA) is 730 Å². The second-order valence-electron chi connectivity index (χ2n) is 31.5. The van der Waals surface area contributed by atoms with Gasteiger partial charge in [0, 0.05) is 18.5 Å². The smallest absolute Gasteiger partial charge is 0.394 e. The van der Waals surface area contributed by atoms with Crippen LogP contribution in [0.15, 0.2) is 179 Å². The molecule has 4 saturated heterocycles. The molecule has 10 aromatic rings. The van der Waals surface area contributed by atoms with Crippen LogP contribution in [0.2, 0.25) is 0 Å². The van der Waals surface area contributed by atoms with Crippen molar-refractivity contribution in [3.63, 3.8) is 0 Å². The van der Waals surface area contributed by atoms with E-state index in [0.29, 0.717) is 9.13 Å². The second kappa shape index (κ2) is 44.2. The summed E-state index contributed by atoms with van der Waals surface area (Å²) in [7, 11) is -34.0. The number of aliphatic hydroxyl groups excluding tert-OH is 2. The van der Waals surface area contributed by atoms with E-state index >= 15 is 4.57 Å². The first-order chi connectivity index (χ1) is 65.5. The minimum atomic E-state index is -6.14. The molecule has 0 saturated carbocycles. The standard InChI is InChI=1S/C78H96N15O38P3S4/c1-44-5-13-48(14-6-44)135(106,107)29-25-114-40-118-64-60(96)53(126-72(64)93-39-85-59-70(93)88-76(81)89-71(59)97)34-122-132(100,101)130-62-54(127-73(90-23-21-56(79)86-77(90)98)66(62)120-42-116-27-31-137(110,111)50-17-9-46(3)10-18-50)36-124-134(104,105)131-63-55(128-74(91-24-22-57(95)87-78(91)99)67(63)121-43-117-28-32-138(112,113)51-19-11-47(4)12-20-51)35-123-133(102,103)129-61-52(33-94)125-75(92-38-84-58-68(80)82-37-83-69(58)92)65(61)119-41-115-26-30-136(108,109)49-15-7-45(2)8-16-49/h5-24,37-39,52-55,60-67,72-75,94,96H,25-36,40-43H2,1-4H3,(H,100,101)(H,102,103)(H,104,105)(H2,79,86,98)(H2,80,82,83)(H,87,95,99)(H3,81,88,89,97)/t52-,53-,54-,55-,60-,61-,62-,63-,64-,65-,66-,67-,72-,73-,74-,75-/m1/s1. The number of nitrogens with one attached hydrogen (secondary N) is 2. The van der Waals surface area contributed by atoms with Gasteiger partial charge in [-0.1, -0.05) is 70.8 Å². The van der Waals surface area contributed by atoms with Crippen LogP contribution >= 0.6 is 23.5 Å². The number of phosphoric acid groups is 3. The first-order valence-electron chi connectivity index (χ1n) is 41.6. The third kappa shape index (κ3) is 25.4. The molecule has 0 radical (unpaired) electrons. The first kappa shape index (κ1) is 104. The zero-order valence-corrected chi connectivity index (χ0v) is 79.2. The number of rotatable bonds is 48. The van der Waals surface area contributed by atoms with E-state index < -0.39 is 292 Å². The Morgan fingerprint density at radius 2 is 0.783 bits per heavy atom. The summed E-state index contributed by atoms with van der Waals surface area (Å²) in [5.41, 5.74) is 16.1. The van der Waals surface area contributed by atoms with E-state index in [2.05, 4.69) is 34.9 Å². The fourth-order valence-electron chi connectivity index (χ4n) is 14.7. The van der Waals surface area contributed by atoms with Crippen LogP contribution in [0.1, 0.15) is 47.2 Å². The van der Waals surface area contributed by atoms with Crippen LogP contribution in [0.5, 0.6) is 0 Å². The van der Waals surface area contributed by atoms with E-state index in [4.69, 9.17) is 101 Å². The number of imidazole rings is 2. The number of nitrogen functional groups attached to an aromatic ring is 3. The first-order valence-corrected chi connectivity index (χ1v) is 52.7. The van der Waals surface area contributed by atoms with Crippen LogP contribution in [0.3, 0.4) is 0 Å². The number of hydrogen-bond donors (Lipinski definition) is 10. The Hall–Kier alpha value is -9.69. The summed E-state index contributed by atoms with van der Waals surface area (Å²) in [5, 5.41) is 23.0. The molecule has 0 bridgehead atoms. The molecule has 4 aliphatic heterocycles. The Kier molecular flexibility index (Phi) is 33.4. The number of sulfone groups is 4. The molecule has 0 aliphatic carbocycles. The number of nitrogens with zero attached hydrogens (tertiary/aromatic N) is 10. The fourth-order valence-corrected chi connectivity index (χ4v) is 22.1. The van der Waals surface area contributed by atoms with Gasteiger partial charge < -0.3 is 98.9 Å². The number of aromatic nitrogens is 12. The number of H-pyrrole nitrogens is 2. The third-order valence-corrected chi connectivity index (χ3v) is 31.6. The highest BCUT2D eigenvalue weighted by molar-refractivity contribution is 7.92. The van der Waals surface area contributed by atoms with Gasteiger partial charge in [0.05, 0.1) is 108 Å². The highest BCUT2D eigenvalue weighted by atomic mass is 32.2. The number of benzene rings is 4. The summed E-state index contributed by atoms with van der Waals surface area (Å²) in [5.74, 6) is -3.40. The molecule has 3 unspecified atom stereocenters. The molecular weight excluding hydrogens is 1980 g/mol. The van der Waals surface area contributed by atoms with E-state index in [0.717, 1.165) is 64.0 Å². The van der Waals surface area contributed by atoms with Gasteiger partial charge in [-0.15, -0.1) is 0 Å². The van der Waals surface area contributed by atoms with Gasteiger partial charge in [0.1, 0.15) is 118 Å². The molecule has 6 aromatic heterocycles. The highest BCUT2D eigenvalue weighted by Gasteiger charge is 2.57. The number of ether oxygens (including phenoxy) is 12. The van der Waals surface area contributed by atoms with E-state index in [1.54, 1.807) is 76.2 Å². The van der Waals surface area contributed by atoms with Gasteiger partial charge in [-0.25, -0.2) is 76.9 Å². The molecule has 53 nitrogen and oxygen atoms in total. The van der Waals surface area contributed by atoms with Gasteiger partial charge in [0.2, 0.25) is 5.95 Å². The summed E-state index contributed by atoms with van der Waals surface area (Å²) < 4.78 is 262. The molecule has 60 heteroatoms. The normalized spacial score (nSPS) is 24.6. The Balaban J connectivity index is 0.755. The Bertz CT molecular complexity index is 6860. The summed E-state index contributed by atoms with van der Waals surface area (Å²) >= 11 is 0. The zero-order valence-electron chi connectivity index (χ0n) is 73.2. The lowest BCUT2D eigenvalue weighted by atomic mass is 10.1. The van der Waals surface area contributed by atoms with Gasteiger partial charge in [0.25, 0.3) is 11.1 Å². The summed E-state index contributed by atoms with van der Waals surface area (Å²) in [6.45, 7) is -3.89. The summed E-state index contributed by atoms with van der Waals surface area (Å²) in [6.07, 6.45) is -26.0. The molecule has 14 rings (SSSR count). The molecule has 19 atom stereocenters. The molecular formula is C78H96N15O38P3S4. The van der Waals surface area contributed by atoms with Gasteiger partial charge in [-0.2, -0.15) is 9.97 Å². The Labute approximate surface area is 783 Å². The lowest BCUT2D eigenvalue weighted by Gasteiger charge is -2.28. The number of hydrogen-bond acceptors (Lipinski definition) is 44. The highest BCUT2D eigenvalue weighted by Crippen LogP contribution is 2.55. The lowest BCUT2D eigenvalue weighted by molar-refractivity contribution is -0.138. The van der Waals surface area contributed by atoms with Gasteiger partial charge in [0.15, 0.2) is 86.9 Å². The van der Waals surface area contributed by atoms with Crippen molar-refractivity contribution in [1.29, 1.82) is 0 Å². The number of aryl methyl sites for hydroxylation is 4. The third-order valence-electron chi connectivity index (χ3n) is 21.8. The predicted molar refractivity (Wildman–Crippen MR) is 473 cm³/mol. The van der Waals surface area contributed by atoms with Crippen molar-refractivity contribution in [3.8, 4) is 0 Å². The predicted octanol–water partition coefficient (Wildman–Crippen LogP) is 0.529. The summed E-state index contributed by atoms with van der Waals surface area (Å²) in [6, 6.07) is 25.5. The molecule has 750 valence electrons. The number of aromatic amines is 2. The summed E-state index contributed by atoms with van der Waals surface area (Å²) in [4.78, 5) is 119. The number of phosphoric ester groups is 3. The van der Waals surface area contributed by atoms with E-state index in [1.165, 1.54) is 59.4 Å². The van der Waals surface area contributed by atoms with Crippen LogP contribution < -0.4 is 39.7 Å². The maximum absolute atomic E-state index is 15.3. The van der Waals surface area contributed by atoms with Gasteiger partial charge in [-0.3, -0.25) is 65.0 Å². The number of fused-ring (bicyclic) bond motifs is 2. The fraction of sp³-hybridized carbons (Fsp3) is 0.462. The van der Waals surface area contributed by atoms with Crippen molar-refractivity contribution in [2.45, 2.75) is 145 Å². The average Bonchev–Trinajstić information content (AvgIpc) is 1.61. The maximum atomic E-state index is 15.3. The van der Waals surface area contributed by atoms with Crippen molar-refractivity contribution >= 4 is 103 Å². The largest absolute Gasteiger partial charge is 0.472 e. The number of anilines is 3. The van der Waals surface area contributed by atoms with Crippen LogP contribution in [0.4, 0.5) is 17.6 Å². The SMILES string of the molecule is Cc1ccc(S(=O)(=O)CCOCO[C@@H]2[C@H](OP(=O)(O)OC[C@H]3O[C@@H](n4cnc5c(=O)[nH]c(N)nc54)[C@H](OCOCCS(=O)(=O)c4ccc(C)cc4)[C@@H]3O)[C@@H](COP(=O)(O)O[C@H]3[C@@H](OCOCCS(=O)(=O)c4ccc(C)cc4)[C@H](n4ccc(=O)[nH]c4=O)O[C@@H]3COP(=O)(O)O[C@H]3[C@@H](OCOCCS(=O)(=O)c4ccc(C)cc4)[C@H](n4cnc5c(N)ncnc54)O[C@@H]3CO)O[C@H]2n2ccc(N)nc2=O)cc1. The van der Waals surface area contributed by atoms with Crippen molar-refractivity contribution in [2.24, 2.45) is 0 Å². The van der Waals surface area contributed by atoms with Crippen molar-refractivity contribution in [3.05, 3.63) is 205 Å². The molecule has 4 aliphatic rings. The molecule has 0 amide bonds. The quantitative estimate of drug-likeness (QED) is 0.0141. The average molecular weight is 2070 g/mol. The molecule has 4 fully saturated rings. The van der Waals surface area contributed by atoms with Crippen molar-refractivity contribution in [2.75, 3.05) is 120 Å². The van der Waals surface area contributed by atoms with E-state index in [1.807, 2.05) is 4.98 Å². The maximum Gasteiger partial charge on any atom is 0.472 e. The number of aliphatic hydroxyl groups is 2. The molecule has 0 spiro atoms. The van der Waals surface area contributed by atoms with Crippen LogP contribution in [0.25, 0.3) is 22.3 Å². The zero-order chi connectivity index (χ0) is 99.0. The Morgan fingerprint density at radius 3 is 1.20 bits per heavy atom. The monoisotopic (exact) mass is 2070 g/mol.